The minimum absolute atomic E-state index is 0.0365. The first-order valence-corrected chi connectivity index (χ1v) is 8.79. The monoisotopic (exact) mass is 408 g/mol. The van der Waals surface area contributed by atoms with Crippen LogP contribution in [0.15, 0.2) is 28.7 Å². The summed E-state index contributed by atoms with van der Waals surface area (Å²) in [5, 5.41) is 12.1. The van der Waals surface area contributed by atoms with Gasteiger partial charge in [-0.05, 0) is 43.3 Å². The number of nitrogens with zero attached hydrogens (tertiary/aromatic N) is 6. The Kier molecular flexibility index (Phi) is 6.63. The summed E-state index contributed by atoms with van der Waals surface area (Å²) in [6.07, 6.45) is 0. The van der Waals surface area contributed by atoms with Crippen molar-refractivity contribution in [2.24, 2.45) is 0 Å². The van der Waals surface area contributed by atoms with Crippen LogP contribution >= 0.6 is 15.9 Å². The summed E-state index contributed by atoms with van der Waals surface area (Å²) in [7, 11) is 1.59. The summed E-state index contributed by atoms with van der Waals surface area (Å²) in [5.41, 5.74) is 0.812. The van der Waals surface area contributed by atoms with Gasteiger partial charge in [0.05, 0.1) is 6.54 Å². The second kappa shape index (κ2) is 8.70. The molecule has 0 bridgehead atoms. The number of likely N-dealkylation sites (N-methyl/N-ethyl adjacent to an activating group) is 2. The lowest BCUT2D eigenvalue weighted by molar-refractivity contribution is -0.139. The molecule has 1 heterocycles. The largest absolute Gasteiger partial charge is 0.342 e. The van der Waals surface area contributed by atoms with Gasteiger partial charge >= 0.3 is 0 Å². The van der Waals surface area contributed by atoms with Gasteiger partial charge in [-0.2, -0.15) is 4.80 Å². The number of rotatable bonds is 7. The number of carbonyl (C=O) groups excluding carboxylic acids is 2. The van der Waals surface area contributed by atoms with Gasteiger partial charge in [-0.3, -0.25) is 9.59 Å². The van der Waals surface area contributed by atoms with Gasteiger partial charge in [-0.15, -0.1) is 10.2 Å². The Balaban J connectivity index is 1.96. The highest BCUT2D eigenvalue weighted by atomic mass is 79.9. The van der Waals surface area contributed by atoms with E-state index in [1.54, 1.807) is 11.9 Å². The van der Waals surface area contributed by atoms with Crippen molar-refractivity contribution in [3.8, 4) is 11.4 Å². The third-order valence-electron chi connectivity index (χ3n) is 3.75. The van der Waals surface area contributed by atoms with E-state index in [2.05, 4.69) is 31.3 Å². The topological polar surface area (TPSA) is 84.2 Å². The molecular weight excluding hydrogens is 388 g/mol. The first-order valence-electron chi connectivity index (χ1n) is 8.00. The van der Waals surface area contributed by atoms with Crippen molar-refractivity contribution in [1.29, 1.82) is 0 Å². The number of halogens is 1. The quantitative estimate of drug-likeness (QED) is 0.691. The van der Waals surface area contributed by atoms with Crippen LogP contribution in [-0.4, -0.2) is 68.5 Å². The molecule has 0 unspecified atom stereocenters. The summed E-state index contributed by atoms with van der Waals surface area (Å²) in [4.78, 5) is 28.6. The molecule has 0 aliphatic carbocycles. The van der Waals surface area contributed by atoms with Crippen molar-refractivity contribution in [1.82, 2.24) is 30.0 Å². The molecule has 25 heavy (non-hydrogen) atoms. The maximum absolute atomic E-state index is 12.3. The summed E-state index contributed by atoms with van der Waals surface area (Å²) in [6.45, 7) is 5.04. The van der Waals surface area contributed by atoms with E-state index in [1.807, 2.05) is 38.1 Å². The average Bonchev–Trinajstić information content (AvgIpc) is 3.05. The van der Waals surface area contributed by atoms with Crippen LogP contribution in [0, 0.1) is 0 Å². The summed E-state index contributed by atoms with van der Waals surface area (Å²) in [6, 6.07) is 7.49. The van der Waals surface area contributed by atoms with E-state index < -0.39 is 0 Å². The fraction of sp³-hybridized carbons (Fsp3) is 0.438. The molecule has 0 atom stereocenters. The molecule has 2 aromatic rings. The van der Waals surface area contributed by atoms with Crippen LogP contribution in [0.1, 0.15) is 13.8 Å². The number of carbonyl (C=O) groups is 2. The lowest BCUT2D eigenvalue weighted by Gasteiger charge is -2.22. The van der Waals surface area contributed by atoms with Crippen LogP contribution in [0.5, 0.6) is 0 Å². The predicted molar refractivity (Wildman–Crippen MR) is 96.5 cm³/mol. The van der Waals surface area contributed by atoms with Crippen molar-refractivity contribution in [2.75, 3.05) is 26.7 Å². The molecule has 0 fully saturated rings. The Morgan fingerprint density at radius 1 is 1.12 bits per heavy atom. The van der Waals surface area contributed by atoms with Gasteiger partial charge in [0.2, 0.25) is 17.6 Å². The van der Waals surface area contributed by atoms with Gasteiger partial charge in [-0.25, -0.2) is 0 Å². The van der Waals surface area contributed by atoms with E-state index in [4.69, 9.17) is 0 Å². The third kappa shape index (κ3) is 5.09. The molecule has 0 aliphatic heterocycles. The van der Waals surface area contributed by atoms with Crippen LogP contribution < -0.4 is 0 Å². The maximum Gasteiger partial charge on any atom is 0.246 e. The highest BCUT2D eigenvalue weighted by Crippen LogP contribution is 2.17. The molecule has 2 rings (SSSR count). The molecule has 2 amide bonds. The van der Waals surface area contributed by atoms with E-state index in [0.717, 1.165) is 10.0 Å². The Morgan fingerprint density at radius 3 is 2.36 bits per heavy atom. The van der Waals surface area contributed by atoms with E-state index >= 15 is 0 Å². The van der Waals surface area contributed by atoms with Crippen LogP contribution in [0.2, 0.25) is 0 Å². The Labute approximate surface area is 154 Å². The van der Waals surface area contributed by atoms with E-state index in [-0.39, 0.29) is 24.9 Å². The van der Waals surface area contributed by atoms with Crippen LogP contribution in [-0.2, 0) is 16.1 Å². The number of tetrazole rings is 1. The summed E-state index contributed by atoms with van der Waals surface area (Å²) < 4.78 is 0.957. The lowest BCUT2D eigenvalue weighted by Crippen LogP contribution is -2.42. The van der Waals surface area contributed by atoms with Crippen molar-refractivity contribution in [2.45, 2.75) is 20.4 Å². The second-order valence-corrected chi connectivity index (χ2v) is 6.38. The van der Waals surface area contributed by atoms with Crippen LogP contribution in [0.25, 0.3) is 11.4 Å². The van der Waals surface area contributed by atoms with Gasteiger partial charge in [0.25, 0.3) is 0 Å². The van der Waals surface area contributed by atoms with Gasteiger partial charge < -0.3 is 9.80 Å². The van der Waals surface area contributed by atoms with Gasteiger partial charge in [0.15, 0.2) is 0 Å². The van der Waals surface area contributed by atoms with E-state index in [9.17, 15) is 9.59 Å². The highest BCUT2D eigenvalue weighted by molar-refractivity contribution is 9.10. The Hall–Kier alpha value is -2.29. The number of hydrogen-bond acceptors (Lipinski definition) is 5. The minimum atomic E-state index is -0.250. The van der Waals surface area contributed by atoms with Gasteiger partial charge in [-0.1, -0.05) is 15.9 Å². The first-order chi connectivity index (χ1) is 11.9. The summed E-state index contributed by atoms with van der Waals surface area (Å²) >= 11 is 3.37. The van der Waals surface area contributed by atoms with E-state index in [1.165, 1.54) is 9.70 Å². The van der Waals surface area contributed by atoms with Crippen LogP contribution in [0.4, 0.5) is 0 Å². The normalized spacial score (nSPS) is 10.6. The zero-order valence-electron chi connectivity index (χ0n) is 14.5. The molecule has 0 radical (unpaired) electrons. The predicted octanol–water partition coefficient (Wildman–Crippen LogP) is 1.43. The molecule has 0 aliphatic rings. The van der Waals surface area contributed by atoms with Crippen molar-refractivity contribution < 1.29 is 9.59 Å². The molecule has 0 saturated carbocycles. The smallest absolute Gasteiger partial charge is 0.246 e. The molecule has 1 aromatic carbocycles. The lowest BCUT2D eigenvalue weighted by atomic mass is 10.2. The second-order valence-electron chi connectivity index (χ2n) is 5.47. The number of aromatic nitrogens is 4. The van der Waals surface area contributed by atoms with Crippen LogP contribution in [0.3, 0.4) is 0 Å². The highest BCUT2D eigenvalue weighted by Gasteiger charge is 2.18. The Morgan fingerprint density at radius 2 is 1.76 bits per heavy atom. The SMILES string of the molecule is CCN(CC)C(=O)CN(C)C(=O)Cn1nnc(-c2ccc(Br)cc2)n1. The van der Waals surface area contributed by atoms with Crippen molar-refractivity contribution >= 4 is 27.7 Å². The third-order valence-corrected chi connectivity index (χ3v) is 4.27. The number of amides is 2. The molecule has 9 heteroatoms. The average molecular weight is 409 g/mol. The maximum atomic E-state index is 12.3. The molecular formula is C16H21BrN6O2. The van der Waals surface area contributed by atoms with Crippen molar-refractivity contribution in [3.63, 3.8) is 0 Å². The molecule has 0 saturated heterocycles. The molecule has 8 nitrogen and oxygen atoms in total. The molecule has 0 N–H and O–H groups in total. The zero-order chi connectivity index (χ0) is 18.4. The molecule has 134 valence electrons. The number of hydrogen-bond donors (Lipinski definition) is 0. The fourth-order valence-corrected chi connectivity index (χ4v) is 2.50. The van der Waals surface area contributed by atoms with Gasteiger partial charge in [0, 0.05) is 30.2 Å². The minimum Gasteiger partial charge on any atom is -0.342 e. The van der Waals surface area contributed by atoms with Gasteiger partial charge in [0.1, 0.15) is 6.54 Å². The number of benzene rings is 1. The van der Waals surface area contributed by atoms with Crippen molar-refractivity contribution in [3.05, 3.63) is 28.7 Å². The summed E-state index contributed by atoms with van der Waals surface area (Å²) in [5.74, 6) is 0.116. The zero-order valence-corrected chi connectivity index (χ0v) is 16.1. The molecule has 1 aromatic heterocycles. The fourth-order valence-electron chi connectivity index (χ4n) is 2.23. The molecule has 0 spiro atoms. The Bertz CT molecular complexity index is 726. The first kappa shape index (κ1) is 19.0. The standard InChI is InChI=1S/C16H21BrN6O2/c1-4-22(5-2)15(25)10-21(3)14(24)11-23-19-16(18-20-23)12-6-8-13(17)9-7-12/h6-9H,4-5,10-11H2,1-3H3. The van der Waals surface area contributed by atoms with E-state index in [0.29, 0.717) is 18.9 Å².